The van der Waals surface area contributed by atoms with Gasteiger partial charge in [0.25, 0.3) is 5.91 Å². The smallest absolute Gasteiger partial charge is 0.260 e. The number of fused-ring (bicyclic) bond motifs is 1. The second-order valence-electron chi connectivity index (χ2n) is 6.18. The van der Waals surface area contributed by atoms with Crippen LogP contribution in [0.1, 0.15) is 24.2 Å². The minimum absolute atomic E-state index is 0. The maximum absolute atomic E-state index is 13.3. The van der Waals surface area contributed by atoms with Gasteiger partial charge in [-0.3, -0.25) is 9.69 Å². The highest BCUT2D eigenvalue weighted by Gasteiger charge is 2.22. The van der Waals surface area contributed by atoms with Crippen LogP contribution in [0.3, 0.4) is 0 Å². The Kier molecular flexibility index (Phi) is 8.76. The summed E-state index contributed by atoms with van der Waals surface area (Å²) in [4.78, 5) is 23.3. The molecule has 0 aliphatic carbocycles. The predicted octanol–water partition coefficient (Wildman–Crippen LogP) is 5.43. The van der Waals surface area contributed by atoms with Gasteiger partial charge < -0.3 is 4.90 Å². The largest absolute Gasteiger partial charge is 0.302 e. The number of hydrogen-bond acceptors (Lipinski definition) is 5. The summed E-state index contributed by atoms with van der Waals surface area (Å²) in [6.45, 7) is 7.70. The molecule has 0 N–H and O–H groups in total. The molecular weight excluding hydrogens is 410 g/mol. The molecule has 0 fully saturated rings. The molecule has 28 heavy (non-hydrogen) atoms. The van der Waals surface area contributed by atoms with Crippen LogP contribution in [0.4, 0.5) is 5.13 Å². The molecule has 1 aromatic heterocycles. The van der Waals surface area contributed by atoms with Crippen LogP contribution in [0, 0.1) is 0 Å². The first-order valence-corrected chi connectivity index (χ1v) is 11.2. The van der Waals surface area contributed by atoms with Crippen LogP contribution in [0.25, 0.3) is 10.2 Å². The number of aromatic nitrogens is 1. The summed E-state index contributed by atoms with van der Waals surface area (Å²) in [6.07, 6.45) is 2.02. The topological polar surface area (TPSA) is 36.4 Å². The first-order chi connectivity index (χ1) is 13.2. The van der Waals surface area contributed by atoms with E-state index < -0.39 is 0 Å². The van der Waals surface area contributed by atoms with E-state index in [1.54, 1.807) is 23.1 Å². The van der Waals surface area contributed by atoms with Crippen molar-refractivity contribution in [3.8, 4) is 0 Å². The van der Waals surface area contributed by atoms with E-state index in [2.05, 4.69) is 24.8 Å². The lowest BCUT2D eigenvalue weighted by atomic mass is 10.2. The van der Waals surface area contributed by atoms with Gasteiger partial charge in [-0.05, 0) is 49.7 Å². The first-order valence-electron chi connectivity index (χ1n) is 9.20. The molecule has 0 spiro atoms. The molecule has 4 nitrogen and oxygen atoms in total. The summed E-state index contributed by atoms with van der Waals surface area (Å²) in [6, 6.07) is 15.9. The molecule has 0 saturated carbocycles. The molecule has 0 saturated heterocycles. The molecule has 2 aromatic carbocycles. The van der Waals surface area contributed by atoms with Gasteiger partial charge in [0.15, 0.2) is 5.13 Å². The van der Waals surface area contributed by atoms with E-state index >= 15 is 0 Å². The lowest BCUT2D eigenvalue weighted by molar-refractivity contribution is 0.0983. The number of rotatable bonds is 8. The fourth-order valence-electron chi connectivity index (χ4n) is 2.95. The van der Waals surface area contributed by atoms with Crippen molar-refractivity contribution in [2.24, 2.45) is 0 Å². The van der Waals surface area contributed by atoms with E-state index in [1.807, 2.05) is 53.6 Å². The van der Waals surface area contributed by atoms with E-state index in [9.17, 15) is 4.79 Å². The van der Waals surface area contributed by atoms with Crippen molar-refractivity contribution < 1.29 is 4.79 Å². The Morgan fingerprint density at radius 2 is 1.82 bits per heavy atom. The monoisotopic (exact) mass is 435 g/mol. The van der Waals surface area contributed by atoms with Gasteiger partial charge >= 0.3 is 0 Å². The normalized spacial score (nSPS) is 10.9. The van der Waals surface area contributed by atoms with Crippen molar-refractivity contribution in [1.82, 2.24) is 9.88 Å². The SMILES string of the molecule is CCN(CC)CCN(C(=O)c1cccc(SC)c1)c1nc2ccccc2s1.Cl. The highest BCUT2D eigenvalue weighted by atomic mass is 35.5. The van der Waals surface area contributed by atoms with Gasteiger partial charge in [-0.1, -0.05) is 43.4 Å². The minimum atomic E-state index is 0. The third-order valence-corrected chi connectivity index (χ3v) is 6.39. The van der Waals surface area contributed by atoms with Gasteiger partial charge in [-0.25, -0.2) is 4.98 Å². The molecule has 0 bridgehead atoms. The highest BCUT2D eigenvalue weighted by molar-refractivity contribution is 7.98. The van der Waals surface area contributed by atoms with Crippen molar-refractivity contribution >= 4 is 56.8 Å². The Hall–Kier alpha value is -1.60. The number of hydrogen-bond donors (Lipinski definition) is 0. The number of thioether (sulfide) groups is 1. The van der Waals surface area contributed by atoms with Crippen LogP contribution >= 0.6 is 35.5 Å². The van der Waals surface area contributed by atoms with Crippen LogP contribution in [0.5, 0.6) is 0 Å². The number of carbonyl (C=O) groups excluding carboxylic acids is 1. The van der Waals surface area contributed by atoms with Crippen molar-refractivity contribution in [3.63, 3.8) is 0 Å². The van der Waals surface area contributed by atoms with Crippen LogP contribution in [-0.4, -0.2) is 48.2 Å². The van der Waals surface area contributed by atoms with Crippen LogP contribution in [0.15, 0.2) is 53.4 Å². The molecule has 7 heteroatoms. The summed E-state index contributed by atoms with van der Waals surface area (Å²) in [5.74, 6) is 0.0112. The van der Waals surface area contributed by atoms with Gasteiger partial charge in [-0.15, -0.1) is 24.2 Å². The average Bonchev–Trinajstić information content (AvgIpc) is 3.14. The molecule has 0 aliphatic heterocycles. The minimum Gasteiger partial charge on any atom is -0.302 e. The summed E-state index contributed by atoms with van der Waals surface area (Å²) >= 11 is 3.22. The zero-order valence-corrected chi connectivity index (χ0v) is 18.9. The summed E-state index contributed by atoms with van der Waals surface area (Å²) in [5.41, 5.74) is 1.65. The molecule has 0 atom stereocenters. The van der Waals surface area contributed by atoms with Crippen molar-refractivity contribution in [1.29, 1.82) is 0 Å². The molecule has 3 aromatic rings. The number of benzene rings is 2. The Balaban J connectivity index is 0.00000280. The van der Waals surface area contributed by atoms with Crippen LogP contribution < -0.4 is 4.90 Å². The van der Waals surface area contributed by atoms with Crippen molar-refractivity contribution in [2.75, 3.05) is 37.3 Å². The second-order valence-corrected chi connectivity index (χ2v) is 8.07. The van der Waals surface area contributed by atoms with E-state index in [0.29, 0.717) is 12.1 Å². The fraction of sp³-hybridized carbons (Fsp3) is 0.333. The highest BCUT2D eigenvalue weighted by Crippen LogP contribution is 2.30. The van der Waals surface area contributed by atoms with Crippen LogP contribution in [0.2, 0.25) is 0 Å². The first kappa shape index (κ1) is 22.7. The molecule has 150 valence electrons. The number of nitrogens with zero attached hydrogens (tertiary/aromatic N) is 3. The number of carbonyl (C=O) groups is 1. The van der Waals surface area contributed by atoms with Gasteiger partial charge in [-0.2, -0.15) is 0 Å². The summed E-state index contributed by atoms with van der Waals surface area (Å²) in [7, 11) is 0. The molecule has 0 unspecified atom stereocenters. The zero-order valence-electron chi connectivity index (χ0n) is 16.4. The standard InChI is InChI=1S/C21H25N3OS2.ClH/c1-4-23(5-2)13-14-24(20(25)16-9-8-10-17(15-16)26-3)21-22-18-11-6-7-12-19(18)27-21;/h6-12,15H,4-5,13-14H2,1-3H3;1H. The average molecular weight is 436 g/mol. The maximum Gasteiger partial charge on any atom is 0.260 e. The Labute approximate surface area is 181 Å². The number of thiazole rings is 1. The molecule has 1 amide bonds. The lowest BCUT2D eigenvalue weighted by Gasteiger charge is -2.24. The predicted molar refractivity (Wildman–Crippen MR) is 125 cm³/mol. The van der Waals surface area contributed by atoms with Gasteiger partial charge in [0, 0.05) is 23.5 Å². The zero-order chi connectivity index (χ0) is 19.2. The molecular formula is C21H26ClN3OS2. The Morgan fingerprint density at radius 1 is 1.07 bits per heavy atom. The number of para-hydroxylation sites is 1. The van der Waals surface area contributed by atoms with E-state index in [0.717, 1.165) is 39.9 Å². The molecule has 0 radical (unpaired) electrons. The summed E-state index contributed by atoms with van der Waals surface area (Å²) < 4.78 is 1.10. The fourth-order valence-corrected chi connectivity index (χ4v) is 4.40. The number of anilines is 1. The van der Waals surface area contributed by atoms with Gasteiger partial charge in [0.1, 0.15) is 0 Å². The van der Waals surface area contributed by atoms with Crippen LogP contribution in [-0.2, 0) is 0 Å². The summed E-state index contributed by atoms with van der Waals surface area (Å²) in [5, 5.41) is 0.767. The third-order valence-electron chi connectivity index (χ3n) is 4.61. The van der Waals surface area contributed by atoms with E-state index in [4.69, 9.17) is 4.98 Å². The quantitative estimate of drug-likeness (QED) is 0.442. The van der Waals surface area contributed by atoms with Gasteiger partial charge in [0.2, 0.25) is 0 Å². The maximum atomic E-state index is 13.3. The van der Waals surface area contributed by atoms with Crippen molar-refractivity contribution in [2.45, 2.75) is 18.7 Å². The Morgan fingerprint density at radius 3 is 2.50 bits per heavy atom. The van der Waals surface area contributed by atoms with Crippen molar-refractivity contribution in [3.05, 3.63) is 54.1 Å². The van der Waals surface area contributed by atoms with E-state index in [-0.39, 0.29) is 18.3 Å². The lowest BCUT2D eigenvalue weighted by Crippen LogP contribution is -2.38. The number of likely N-dealkylation sites (N-methyl/N-ethyl adjacent to an activating group) is 1. The van der Waals surface area contributed by atoms with E-state index in [1.165, 1.54) is 0 Å². The van der Waals surface area contributed by atoms with Gasteiger partial charge in [0.05, 0.1) is 10.2 Å². The molecule has 1 heterocycles. The molecule has 3 rings (SSSR count). The second kappa shape index (κ2) is 10.8. The number of halogens is 1. The third kappa shape index (κ3) is 5.26. The number of amides is 1. The molecule has 0 aliphatic rings. The Bertz CT molecular complexity index is 878.